The lowest BCUT2D eigenvalue weighted by molar-refractivity contribution is -0.137. The largest absolute Gasteiger partial charge is 0.480 e. The van der Waals surface area contributed by atoms with E-state index in [1.54, 1.807) is 0 Å². The summed E-state index contributed by atoms with van der Waals surface area (Å²) in [4.78, 5) is 14.5. The van der Waals surface area contributed by atoms with Crippen LogP contribution in [0.5, 0.6) is 0 Å². The fraction of sp³-hybridized carbons (Fsp3) is 0.200. The average Bonchev–Trinajstić information content (AvgIpc) is 2.57. The van der Waals surface area contributed by atoms with Crippen molar-refractivity contribution in [3.8, 4) is 0 Å². The molecule has 2 N–H and O–H groups in total. The molecule has 2 aromatic rings. The highest BCUT2D eigenvalue weighted by Gasteiger charge is 2.15. The van der Waals surface area contributed by atoms with Gasteiger partial charge in [-0.3, -0.25) is 4.79 Å². The number of hydrogen-bond donors (Lipinski definition) is 2. The number of nitrogens with zero attached hydrogens (tertiary/aromatic N) is 2. The Morgan fingerprint density at radius 1 is 1.35 bits per heavy atom. The minimum Gasteiger partial charge on any atom is -0.480 e. The molecule has 0 atom stereocenters. The fourth-order valence-corrected chi connectivity index (χ4v) is 1.60. The van der Waals surface area contributed by atoms with E-state index < -0.39 is 30.8 Å². The molecule has 0 unspecified atom stereocenters. The number of aromatic nitrogens is 2. The third-order valence-electron chi connectivity index (χ3n) is 2.30. The van der Waals surface area contributed by atoms with Crippen LogP contribution in [0.1, 0.15) is 5.82 Å². The highest BCUT2D eigenvalue weighted by atomic mass is 19.2. The molecule has 0 spiro atoms. The van der Waals surface area contributed by atoms with Crippen molar-refractivity contribution in [1.82, 2.24) is 9.55 Å². The minimum absolute atomic E-state index is 0.0485. The molecule has 2 rings (SSSR count). The van der Waals surface area contributed by atoms with Crippen molar-refractivity contribution in [2.75, 3.05) is 0 Å². The molecule has 17 heavy (non-hydrogen) atoms. The Balaban J connectivity index is 2.69. The normalized spacial score (nSPS) is 11.0. The molecule has 0 saturated carbocycles. The van der Waals surface area contributed by atoms with Gasteiger partial charge in [0.05, 0.1) is 11.0 Å². The van der Waals surface area contributed by atoms with Gasteiger partial charge in [-0.05, 0) is 0 Å². The zero-order valence-electron chi connectivity index (χ0n) is 8.52. The number of aliphatic hydroxyl groups is 1. The number of carboxylic acid groups (broad SMARTS) is 1. The number of carbonyl (C=O) groups is 1. The second kappa shape index (κ2) is 4.10. The summed E-state index contributed by atoms with van der Waals surface area (Å²) in [5.41, 5.74) is 0.240. The smallest absolute Gasteiger partial charge is 0.323 e. The van der Waals surface area contributed by atoms with Crippen LogP contribution >= 0.6 is 0 Å². The van der Waals surface area contributed by atoms with Gasteiger partial charge >= 0.3 is 5.97 Å². The van der Waals surface area contributed by atoms with Gasteiger partial charge in [-0.25, -0.2) is 13.8 Å². The molecule has 0 fully saturated rings. The van der Waals surface area contributed by atoms with Crippen molar-refractivity contribution in [2.45, 2.75) is 13.2 Å². The first-order valence-corrected chi connectivity index (χ1v) is 4.69. The molecular formula is C10H8F2N2O3. The summed E-state index contributed by atoms with van der Waals surface area (Å²) >= 11 is 0. The van der Waals surface area contributed by atoms with Crippen LogP contribution in [0.3, 0.4) is 0 Å². The van der Waals surface area contributed by atoms with Crippen LogP contribution in [0.4, 0.5) is 8.78 Å². The van der Waals surface area contributed by atoms with Gasteiger partial charge in [0.1, 0.15) is 19.0 Å². The first-order valence-electron chi connectivity index (χ1n) is 4.69. The Bertz CT molecular complexity index is 595. The van der Waals surface area contributed by atoms with Gasteiger partial charge in [0, 0.05) is 12.1 Å². The number of imidazole rings is 1. The lowest BCUT2D eigenvalue weighted by Crippen LogP contribution is -2.12. The maximum Gasteiger partial charge on any atom is 0.323 e. The number of halogens is 2. The van der Waals surface area contributed by atoms with Crippen LogP contribution in [0.2, 0.25) is 0 Å². The van der Waals surface area contributed by atoms with Crippen LogP contribution in [0.15, 0.2) is 12.1 Å². The van der Waals surface area contributed by atoms with Crippen molar-refractivity contribution < 1.29 is 23.8 Å². The molecule has 0 amide bonds. The molecule has 0 saturated heterocycles. The highest BCUT2D eigenvalue weighted by molar-refractivity contribution is 5.78. The maximum atomic E-state index is 13.1. The van der Waals surface area contributed by atoms with E-state index in [4.69, 9.17) is 10.2 Å². The lowest BCUT2D eigenvalue weighted by atomic mass is 10.3. The van der Waals surface area contributed by atoms with Gasteiger partial charge < -0.3 is 14.8 Å². The number of aliphatic hydroxyl groups excluding tert-OH is 1. The summed E-state index contributed by atoms with van der Waals surface area (Å²) in [5, 5.41) is 17.7. The third-order valence-corrected chi connectivity index (χ3v) is 2.30. The van der Waals surface area contributed by atoms with E-state index in [-0.39, 0.29) is 16.9 Å². The molecule has 5 nitrogen and oxygen atoms in total. The molecular weight excluding hydrogens is 234 g/mol. The van der Waals surface area contributed by atoms with Crippen molar-refractivity contribution in [2.24, 2.45) is 0 Å². The monoisotopic (exact) mass is 242 g/mol. The minimum atomic E-state index is -1.16. The summed E-state index contributed by atoms with van der Waals surface area (Å²) < 4.78 is 27.1. The van der Waals surface area contributed by atoms with Crippen molar-refractivity contribution in [3.05, 3.63) is 29.6 Å². The van der Waals surface area contributed by atoms with Gasteiger partial charge in [-0.1, -0.05) is 0 Å². The Morgan fingerprint density at radius 2 is 2.00 bits per heavy atom. The quantitative estimate of drug-likeness (QED) is 0.838. The van der Waals surface area contributed by atoms with E-state index >= 15 is 0 Å². The number of rotatable bonds is 3. The fourth-order valence-electron chi connectivity index (χ4n) is 1.60. The van der Waals surface area contributed by atoms with Crippen LogP contribution in [0, 0.1) is 11.6 Å². The van der Waals surface area contributed by atoms with Gasteiger partial charge in [0.25, 0.3) is 0 Å². The van der Waals surface area contributed by atoms with Gasteiger partial charge in [0.15, 0.2) is 11.6 Å². The zero-order valence-corrected chi connectivity index (χ0v) is 8.52. The molecule has 0 aliphatic carbocycles. The van der Waals surface area contributed by atoms with Crippen molar-refractivity contribution >= 4 is 17.0 Å². The first-order chi connectivity index (χ1) is 8.02. The number of fused-ring (bicyclic) bond motifs is 1. The summed E-state index contributed by atoms with van der Waals surface area (Å²) in [6, 6.07) is 1.72. The van der Waals surface area contributed by atoms with E-state index in [0.29, 0.717) is 0 Å². The molecule has 0 bridgehead atoms. The third kappa shape index (κ3) is 1.96. The van der Waals surface area contributed by atoms with Crippen molar-refractivity contribution in [1.29, 1.82) is 0 Å². The Hall–Kier alpha value is -2.02. The van der Waals surface area contributed by atoms with E-state index in [0.717, 1.165) is 16.7 Å². The predicted octanol–water partition coefficient (Wildman–Crippen LogP) is 0.891. The van der Waals surface area contributed by atoms with Crippen LogP contribution in [-0.4, -0.2) is 25.7 Å². The van der Waals surface area contributed by atoms with E-state index in [2.05, 4.69) is 4.98 Å². The molecule has 0 aliphatic rings. The lowest BCUT2D eigenvalue weighted by Gasteiger charge is -2.03. The van der Waals surface area contributed by atoms with E-state index in [1.807, 2.05) is 0 Å². The SMILES string of the molecule is O=C(O)Cn1c(CO)nc2cc(F)c(F)cc21. The molecule has 1 aromatic carbocycles. The van der Waals surface area contributed by atoms with Crippen molar-refractivity contribution in [3.63, 3.8) is 0 Å². The average molecular weight is 242 g/mol. The predicted molar refractivity (Wildman–Crippen MR) is 53.2 cm³/mol. The number of benzene rings is 1. The number of hydrogen-bond acceptors (Lipinski definition) is 3. The molecule has 1 aromatic heterocycles. The highest BCUT2D eigenvalue weighted by Crippen LogP contribution is 2.20. The zero-order chi connectivity index (χ0) is 12.6. The van der Waals surface area contributed by atoms with Crippen LogP contribution in [-0.2, 0) is 17.9 Å². The molecule has 90 valence electrons. The van der Waals surface area contributed by atoms with Crippen LogP contribution < -0.4 is 0 Å². The standard InChI is InChI=1S/C10H8F2N2O3/c11-5-1-7-8(2-6(5)12)14(3-10(16)17)9(4-15)13-7/h1-2,15H,3-4H2,(H,16,17). The van der Waals surface area contributed by atoms with Gasteiger partial charge in [-0.15, -0.1) is 0 Å². The summed E-state index contributed by atoms with van der Waals surface area (Å²) in [5.74, 6) is -3.27. The Labute approximate surface area is 93.9 Å². The molecule has 0 aliphatic heterocycles. The van der Waals surface area contributed by atoms with Gasteiger partial charge in [0.2, 0.25) is 0 Å². The molecule has 1 heterocycles. The first kappa shape index (κ1) is 11.5. The van der Waals surface area contributed by atoms with Crippen LogP contribution in [0.25, 0.3) is 11.0 Å². The Kier molecular flexibility index (Phi) is 2.76. The maximum absolute atomic E-state index is 13.1. The molecule has 7 heteroatoms. The second-order valence-corrected chi connectivity index (χ2v) is 3.42. The topological polar surface area (TPSA) is 75.3 Å². The molecule has 0 radical (unpaired) electrons. The van der Waals surface area contributed by atoms with E-state index in [1.165, 1.54) is 0 Å². The van der Waals surface area contributed by atoms with E-state index in [9.17, 15) is 13.6 Å². The number of carboxylic acids is 1. The summed E-state index contributed by atoms with van der Waals surface area (Å²) in [6.45, 7) is -0.983. The van der Waals surface area contributed by atoms with Gasteiger partial charge in [-0.2, -0.15) is 0 Å². The number of aliphatic carboxylic acids is 1. The second-order valence-electron chi connectivity index (χ2n) is 3.42. The Morgan fingerprint density at radius 3 is 2.59 bits per heavy atom. The summed E-state index contributed by atoms with van der Waals surface area (Å²) in [6.07, 6.45) is 0. The summed E-state index contributed by atoms with van der Waals surface area (Å²) in [7, 11) is 0.